The van der Waals surface area contributed by atoms with E-state index >= 15 is 0 Å². The predicted molar refractivity (Wildman–Crippen MR) is 102 cm³/mol. The van der Waals surface area contributed by atoms with Crippen molar-refractivity contribution in [2.24, 2.45) is 0 Å². The monoisotopic (exact) mass is 395 g/mol. The Morgan fingerprint density at radius 2 is 1.29 bits per heavy atom. The van der Waals surface area contributed by atoms with Crippen molar-refractivity contribution in [1.29, 1.82) is 0 Å². The first-order chi connectivity index (χ1) is 13.3. The maximum absolute atomic E-state index is 12.5. The van der Waals surface area contributed by atoms with E-state index in [4.69, 9.17) is 0 Å². The lowest BCUT2D eigenvalue weighted by Gasteiger charge is -2.10. The van der Waals surface area contributed by atoms with Gasteiger partial charge in [-0.25, -0.2) is 8.42 Å². The number of carbonyl (C=O) groups is 2. The molecule has 0 aliphatic heterocycles. The summed E-state index contributed by atoms with van der Waals surface area (Å²) in [7, 11) is -3.89. The molecule has 3 aromatic carbocycles. The van der Waals surface area contributed by atoms with Gasteiger partial charge in [0.2, 0.25) is 0 Å². The molecule has 0 spiro atoms. The smallest absolute Gasteiger partial charge is 0.261 e. The van der Waals surface area contributed by atoms with Crippen LogP contribution in [0.1, 0.15) is 20.7 Å². The lowest BCUT2D eigenvalue weighted by atomic mass is 10.2. The van der Waals surface area contributed by atoms with E-state index in [1.54, 1.807) is 24.3 Å². The summed E-state index contributed by atoms with van der Waals surface area (Å²) in [5.74, 6) is -1.71. The van der Waals surface area contributed by atoms with E-state index in [9.17, 15) is 23.1 Å². The van der Waals surface area contributed by atoms with Gasteiger partial charge in [-0.2, -0.15) is 0 Å². The van der Waals surface area contributed by atoms with Crippen molar-refractivity contribution in [3.05, 3.63) is 90.0 Å². The molecule has 0 aliphatic rings. The number of para-hydroxylation sites is 1. The molecule has 142 valence electrons. The van der Waals surface area contributed by atoms with Gasteiger partial charge in [-0.3, -0.25) is 9.52 Å². The summed E-state index contributed by atoms with van der Waals surface area (Å²) in [5, 5.41) is 13.5. The summed E-state index contributed by atoms with van der Waals surface area (Å²) in [4.78, 5) is 22.9. The molecule has 0 heterocycles. The Balaban J connectivity index is 1.72. The fourth-order valence-corrected chi connectivity index (χ4v) is 3.46. The van der Waals surface area contributed by atoms with Gasteiger partial charge >= 0.3 is 0 Å². The molecule has 3 aromatic rings. The number of rotatable bonds is 6. The number of carboxylic acids is 1. The first-order valence-corrected chi connectivity index (χ1v) is 9.64. The molecule has 0 aliphatic carbocycles. The standard InChI is InChI=1S/C20H16N2O5S/c23-19(21-16-4-2-1-3-5-16)14-8-12-18(13-9-14)28(26,27)22-17-10-6-15(7-11-17)20(24)25/h1-13,22H,(H,21,23)(H,24,25)/p-1. The molecule has 0 atom stereocenters. The van der Waals surface area contributed by atoms with Crippen molar-refractivity contribution in [3.8, 4) is 0 Å². The van der Waals surface area contributed by atoms with E-state index in [2.05, 4.69) is 10.0 Å². The molecule has 0 aromatic heterocycles. The Morgan fingerprint density at radius 3 is 1.86 bits per heavy atom. The van der Waals surface area contributed by atoms with Crippen molar-refractivity contribution in [2.45, 2.75) is 4.90 Å². The number of hydrogen-bond donors (Lipinski definition) is 2. The molecule has 1 amide bonds. The van der Waals surface area contributed by atoms with Crippen molar-refractivity contribution in [1.82, 2.24) is 0 Å². The SMILES string of the molecule is O=C([O-])c1ccc(NS(=O)(=O)c2ccc(C(=O)Nc3ccccc3)cc2)cc1. The quantitative estimate of drug-likeness (QED) is 0.663. The van der Waals surface area contributed by atoms with Crippen molar-refractivity contribution >= 4 is 33.3 Å². The molecule has 0 fully saturated rings. The zero-order valence-corrected chi connectivity index (χ0v) is 15.3. The molecule has 0 radical (unpaired) electrons. The van der Waals surface area contributed by atoms with Crippen LogP contribution in [0.15, 0.2) is 83.8 Å². The number of nitrogens with one attached hydrogen (secondary N) is 2. The number of hydrogen-bond acceptors (Lipinski definition) is 5. The van der Waals surface area contributed by atoms with Crippen molar-refractivity contribution in [3.63, 3.8) is 0 Å². The topological polar surface area (TPSA) is 115 Å². The molecule has 0 saturated carbocycles. The maximum Gasteiger partial charge on any atom is 0.261 e. The summed E-state index contributed by atoms with van der Waals surface area (Å²) < 4.78 is 27.3. The molecule has 28 heavy (non-hydrogen) atoms. The minimum atomic E-state index is -3.89. The third kappa shape index (κ3) is 4.54. The fourth-order valence-electron chi connectivity index (χ4n) is 2.40. The van der Waals surface area contributed by atoms with Crippen LogP contribution in [0.2, 0.25) is 0 Å². The summed E-state index contributed by atoms with van der Waals surface area (Å²) in [6.07, 6.45) is 0. The second kappa shape index (κ2) is 7.93. The minimum Gasteiger partial charge on any atom is -0.545 e. The van der Waals surface area contributed by atoms with E-state index in [0.29, 0.717) is 11.3 Å². The Kier molecular flexibility index (Phi) is 5.42. The average molecular weight is 395 g/mol. The second-order valence-corrected chi connectivity index (χ2v) is 7.50. The van der Waals surface area contributed by atoms with Crippen LogP contribution in [0.4, 0.5) is 11.4 Å². The molecule has 7 nitrogen and oxygen atoms in total. The van der Waals surface area contributed by atoms with Gasteiger partial charge in [0.1, 0.15) is 0 Å². The fraction of sp³-hybridized carbons (Fsp3) is 0. The number of aromatic carboxylic acids is 1. The van der Waals surface area contributed by atoms with Gasteiger partial charge in [-0.15, -0.1) is 0 Å². The average Bonchev–Trinajstić information content (AvgIpc) is 2.69. The van der Waals surface area contributed by atoms with E-state index in [1.807, 2.05) is 6.07 Å². The third-order valence-electron chi connectivity index (χ3n) is 3.83. The molecule has 0 unspecified atom stereocenters. The Hall–Kier alpha value is -3.65. The highest BCUT2D eigenvalue weighted by Gasteiger charge is 2.15. The Labute approximate surface area is 161 Å². The van der Waals surface area contributed by atoms with Gasteiger partial charge in [0, 0.05) is 16.9 Å². The lowest BCUT2D eigenvalue weighted by Crippen LogP contribution is -2.22. The number of benzene rings is 3. The lowest BCUT2D eigenvalue weighted by molar-refractivity contribution is -0.255. The minimum absolute atomic E-state index is 0.0345. The summed E-state index contributed by atoms with van der Waals surface area (Å²) in [6, 6.07) is 19.5. The number of sulfonamides is 1. The molecular weight excluding hydrogens is 380 g/mol. The van der Waals surface area contributed by atoms with E-state index < -0.39 is 16.0 Å². The maximum atomic E-state index is 12.5. The van der Waals surface area contributed by atoms with Gasteiger partial charge < -0.3 is 15.2 Å². The highest BCUT2D eigenvalue weighted by atomic mass is 32.2. The number of carbonyl (C=O) groups excluding carboxylic acids is 2. The van der Waals surface area contributed by atoms with E-state index in [0.717, 1.165) is 0 Å². The van der Waals surface area contributed by atoms with Gasteiger partial charge in [-0.1, -0.05) is 30.3 Å². The zero-order valence-electron chi connectivity index (χ0n) is 14.5. The normalized spacial score (nSPS) is 10.9. The van der Waals surface area contributed by atoms with E-state index in [-0.39, 0.29) is 22.1 Å². The number of carboxylic acid groups (broad SMARTS) is 1. The largest absolute Gasteiger partial charge is 0.545 e. The Bertz CT molecular complexity index is 1090. The van der Waals surface area contributed by atoms with Gasteiger partial charge in [0.15, 0.2) is 0 Å². The van der Waals surface area contributed by atoms with Crippen LogP contribution in [0.5, 0.6) is 0 Å². The highest BCUT2D eigenvalue weighted by molar-refractivity contribution is 7.92. The first kappa shape index (κ1) is 19.1. The molecule has 8 heteroatoms. The van der Waals surface area contributed by atoms with Crippen LogP contribution in [-0.4, -0.2) is 20.3 Å². The molecule has 2 N–H and O–H groups in total. The van der Waals surface area contributed by atoms with Gasteiger partial charge in [0.25, 0.3) is 15.9 Å². The number of anilines is 2. The van der Waals surface area contributed by atoms with Crippen LogP contribution in [0.3, 0.4) is 0 Å². The number of amides is 1. The van der Waals surface area contributed by atoms with Crippen LogP contribution >= 0.6 is 0 Å². The summed E-state index contributed by atoms with van der Waals surface area (Å²) in [5.41, 5.74) is 1.08. The van der Waals surface area contributed by atoms with Crippen LogP contribution in [0, 0.1) is 0 Å². The van der Waals surface area contributed by atoms with Crippen LogP contribution in [-0.2, 0) is 10.0 Å². The zero-order chi connectivity index (χ0) is 20.1. The first-order valence-electron chi connectivity index (χ1n) is 8.16. The van der Waals surface area contributed by atoms with Crippen LogP contribution in [0.25, 0.3) is 0 Å². The molecular formula is C20H15N2O5S-. The van der Waals surface area contributed by atoms with Gasteiger partial charge in [-0.05, 0) is 54.1 Å². The van der Waals surface area contributed by atoms with Gasteiger partial charge in [0.05, 0.1) is 10.9 Å². The highest BCUT2D eigenvalue weighted by Crippen LogP contribution is 2.18. The van der Waals surface area contributed by atoms with Crippen molar-refractivity contribution < 1.29 is 23.1 Å². The van der Waals surface area contributed by atoms with Crippen molar-refractivity contribution in [2.75, 3.05) is 10.0 Å². The Morgan fingerprint density at radius 1 is 0.714 bits per heavy atom. The molecule has 0 saturated heterocycles. The molecule has 3 rings (SSSR count). The summed E-state index contributed by atoms with van der Waals surface area (Å²) in [6.45, 7) is 0. The summed E-state index contributed by atoms with van der Waals surface area (Å²) >= 11 is 0. The molecule has 0 bridgehead atoms. The predicted octanol–water partition coefficient (Wildman–Crippen LogP) is 2.10. The van der Waals surface area contributed by atoms with E-state index in [1.165, 1.54) is 48.5 Å². The second-order valence-electron chi connectivity index (χ2n) is 5.81. The third-order valence-corrected chi connectivity index (χ3v) is 5.23. The van der Waals surface area contributed by atoms with Crippen LogP contribution < -0.4 is 15.1 Å².